The van der Waals surface area contributed by atoms with Crippen LogP contribution in [0, 0.1) is 11.8 Å². The second kappa shape index (κ2) is 8.03. The first-order valence-corrected chi connectivity index (χ1v) is 10.4. The van der Waals surface area contributed by atoms with Gasteiger partial charge in [0, 0.05) is 3.92 Å². The topological polar surface area (TPSA) is 9.23 Å². The van der Waals surface area contributed by atoms with E-state index in [-0.39, 0.29) is 0 Å². The van der Waals surface area contributed by atoms with Crippen LogP contribution in [0.15, 0.2) is 24.3 Å². The van der Waals surface area contributed by atoms with E-state index in [1.54, 1.807) is 0 Å². The molecule has 122 valence electrons. The molecule has 0 aliphatic heterocycles. The Hall–Kier alpha value is -0.250. The molecule has 0 saturated heterocycles. The zero-order valence-electron chi connectivity index (χ0n) is 13.8. The van der Waals surface area contributed by atoms with Gasteiger partial charge >= 0.3 is 0 Å². The predicted molar refractivity (Wildman–Crippen MR) is 102 cm³/mol. The molecule has 0 unspecified atom stereocenters. The molecule has 0 aromatic heterocycles. The van der Waals surface area contributed by atoms with Gasteiger partial charge in [-0.2, -0.15) is 0 Å². The van der Waals surface area contributed by atoms with Gasteiger partial charge in [0.1, 0.15) is 5.75 Å². The zero-order valence-corrected chi connectivity index (χ0v) is 15.9. The predicted octanol–water partition coefficient (Wildman–Crippen LogP) is 6.35. The van der Waals surface area contributed by atoms with Crippen molar-refractivity contribution in [1.82, 2.24) is 0 Å². The average Bonchev–Trinajstić information content (AvgIpc) is 2.57. The van der Waals surface area contributed by atoms with Crippen molar-refractivity contribution in [3.05, 3.63) is 29.8 Å². The molecule has 22 heavy (non-hydrogen) atoms. The van der Waals surface area contributed by atoms with Crippen molar-refractivity contribution in [2.75, 3.05) is 6.61 Å². The van der Waals surface area contributed by atoms with Crippen molar-refractivity contribution in [1.29, 1.82) is 0 Å². The summed E-state index contributed by atoms with van der Waals surface area (Å²) >= 11 is 2.65. The first-order chi connectivity index (χ1) is 10.8. The normalized spacial score (nSPS) is 32.6. The van der Waals surface area contributed by atoms with Gasteiger partial charge in [0.2, 0.25) is 0 Å². The summed E-state index contributed by atoms with van der Waals surface area (Å²) in [6.07, 6.45) is 11.6. The van der Waals surface area contributed by atoms with Gasteiger partial charge in [-0.3, -0.25) is 0 Å². The first-order valence-electron chi connectivity index (χ1n) is 9.13. The third-order valence-electron chi connectivity index (χ3n) is 5.80. The maximum atomic E-state index is 5.55. The van der Waals surface area contributed by atoms with Crippen LogP contribution >= 0.6 is 22.6 Å². The molecular weight excluding hydrogens is 383 g/mol. The van der Waals surface area contributed by atoms with Gasteiger partial charge in [-0.25, -0.2) is 0 Å². The van der Waals surface area contributed by atoms with Gasteiger partial charge in [-0.15, -0.1) is 0 Å². The lowest BCUT2D eigenvalue weighted by molar-refractivity contribution is 0.190. The standard InChI is InChI=1S/C20H29IO/c1-2-22-20-13-9-18(10-14-20)16-5-3-15(4-6-16)17-7-11-19(21)12-8-17/h9-10,13-17,19H,2-8,11-12H2,1H3. The highest BCUT2D eigenvalue weighted by Crippen LogP contribution is 2.43. The van der Waals surface area contributed by atoms with Crippen molar-refractivity contribution in [2.45, 2.75) is 68.1 Å². The van der Waals surface area contributed by atoms with E-state index < -0.39 is 0 Å². The highest BCUT2D eigenvalue weighted by atomic mass is 127. The molecule has 2 saturated carbocycles. The van der Waals surface area contributed by atoms with E-state index in [0.717, 1.165) is 34.0 Å². The third-order valence-corrected chi connectivity index (χ3v) is 7.05. The summed E-state index contributed by atoms with van der Waals surface area (Å²) < 4.78 is 6.51. The molecule has 0 N–H and O–H groups in total. The summed E-state index contributed by atoms with van der Waals surface area (Å²) in [6, 6.07) is 8.87. The minimum Gasteiger partial charge on any atom is -0.494 e. The summed E-state index contributed by atoms with van der Waals surface area (Å²) in [7, 11) is 0. The molecule has 0 atom stereocenters. The number of halogens is 1. The van der Waals surface area contributed by atoms with Crippen LogP contribution < -0.4 is 4.74 Å². The Morgan fingerprint density at radius 1 is 0.864 bits per heavy atom. The highest BCUT2D eigenvalue weighted by molar-refractivity contribution is 14.1. The van der Waals surface area contributed by atoms with Gasteiger partial charge in [0.05, 0.1) is 6.61 Å². The number of ether oxygens (including phenoxy) is 1. The van der Waals surface area contributed by atoms with Gasteiger partial charge in [-0.1, -0.05) is 34.7 Å². The number of hydrogen-bond acceptors (Lipinski definition) is 1. The average molecular weight is 412 g/mol. The molecule has 2 fully saturated rings. The van der Waals surface area contributed by atoms with E-state index in [1.165, 1.54) is 56.9 Å². The van der Waals surface area contributed by atoms with Crippen molar-refractivity contribution < 1.29 is 4.74 Å². The maximum absolute atomic E-state index is 5.55. The fourth-order valence-electron chi connectivity index (χ4n) is 4.48. The summed E-state index contributed by atoms with van der Waals surface area (Å²) in [4.78, 5) is 0. The van der Waals surface area contributed by atoms with E-state index in [9.17, 15) is 0 Å². The fraction of sp³-hybridized carbons (Fsp3) is 0.700. The lowest BCUT2D eigenvalue weighted by Crippen LogP contribution is -2.25. The lowest BCUT2D eigenvalue weighted by atomic mass is 9.70. The Kier molecular flexibility index (Phi) is 6.06. The van der Waals surface area contributed by atoms with Crippen LogP contribution in [0.2, 0.25) is 0 Å². The third kappa shape index (κ3) is 4.18. The van der Waals surface area contributed by atoms with E-state index in [0.29, 0.717) is 0 Å². The Labute approximate surface area is 149 Å². The Bertz CT molecular complexity index is 439. The van der Waals surface area contributed by atoms with E-state index in [4.69, 9.17) is 4.74 Å². The summed E-state index contributed by atoms with van der Waals surface area (Å²) in [5.41, 5.74) is 1.53. The Balaban J connectivity index is 1.50. The van der Waals surface area contributed by atoms with Crippen LogP contribution in [0.3, 0.4) is 0 Å². The Morgan fingerprint density at radius 3 is 1.95 bits per heavy atom. The summed E-state index contributed by atoms with van der Waals surface area (Å²) in [5, 5.41) is 0. The second-order valence-electron chi connectivity index (χ2n) is 7.13. The van der Waals surface area contributed by atoms with Crippen molar-refractivity contribution >= 4 is 22.6 Å². The molecule has 0 spiro atoms. The van der Waals surface area contributed by atoms with Crippen molar-refractivity contribution in [3.63, 3.8) is 0 Å². The van der Waals surface area contributed by atoms with Crippen LogP contribution in [0.25, 0.3) is 0 Å². The minimum absolute atomic E-state index is 0.754. The van der Waals surface area contributed by atoms with Crippen LogP contribution in [0.5, 0.6) is 5.75 Å². The molecule has 1 aromatic carbocycles. The van der Waals surface area contributed by atoms with Gasteiger partial charge in [0.25, 0.3) is 0 Å². The van der Waals surface area contributed by atoms with E-state index >= 15 is 0 Å². The lowest BCUT2D eigenvalue weighted by Gasteiger charge is -2.37. The number of rotatable bonds is 4. The van der Waals surface area contributed by atoms with Crippen LogP contribution in [0.1, 0.15) is 69.8 Å². The van der Waals surface area contributed by atoms with Gasteiger partial charge in [0.15, 0.2) is 0 Å². The smallest absolute Gasteiger partial charge is 0.119 e. The number of benzene rings is 1. The van der Waals surface area contributed by atoms with Crippen LogP contribution in [-0.2, 0) is 0 Å². The SMILES string of the molecule is CCOc1ccc(C2CCC(C3CCC(I)CC3)CC2)cc1. The molecule has 0 bridgehead atoms. The van der Waals surface area contributed by atoms with Gasteiger partial charge < -0.3 is 4.74 Å². The van der Waals surface area contributed by atoms with E-state index in [2.05, 4.69) is 46.9 Å². The molecular formula is C20H29IO. The summed E-state index contributed by atoms with van der Waals surface area (Å²) in [5.74, 6) is 3.85. The maximum Gasteiger partial charge on any atom is 0.119 e. The summed E-state index contributed by atoms with van der Waals surface area (Å²) in [6.45, 7) is 2.80. The second-order valence-corrected chi connectivity index (χ2v) is 8.89. The first kappa shape index (κ1) is 16.6. The molecule has 2 aliphatic rings. The monoisotopic (exact) mass is 412 g/mol. The molecule has 0 radical (unpaired) electrons. The van der Waals surface area contributed by atoms with Gasteiger partial charge in [-0.05, 0) is 93.7 Å². The van der Waals surface area contributed by atoms with Crippen LogP contribution in [0.4, 0.5) is 0 Å². The molecule has 1 nitrogen and oxygen atoms in total. The number of alkyl halides is 1. The quantitative estimate of drug-likeness (QED) is 0.414. The largest absolute Gasteiger partial charge is 0.494 e. The van der Waals surface area contributed by atoms with E-state index in [1.807, 2.05) is 6.92 Å². The highest BCUT2D eigenvalue weighted by Gasteiger charge is 2.30. The van der Waals surface area contributed by atoms with Crippen LogP contribution in [-0.4, -0.2) is 10.5 Å². The Morgan fingerprint density at radius 2 is 1.41 bits per heavy atom. The minimum atomic E-state index is 0.754. The molecule has 2 heteroatoms. The molecule has 3 rings (SSSR count). The fourth-order valence-corrected chi connectivity index (χ4v) is 5.20. The van der Waals surface area contributed by atoms with Crippen molar-refractivity contribution in [3.8, 4) is 5.75 Å². The zero-order chi connectivity index (χ0) is 15.4. The van der Waals surface area contributed by atoms with Crippen molar-refractivity contribution in [2.24, 2.45) is 11.8 Å². The number of hydrogen-bond donors (Lipinski definition) is 0. The molecule has 0 amide bonds. The molecule has 0 heterocycles. The molecule has 1 aromatic rings. The molecule has 2 aliphatic carbocycles.